The van der Waals surface area contributed by atoms with Gasteiger partial charge in [0.05, 0.1) is 0 Å². The summed E-state index contributed by atoms with van der Waals surface area (Å²) in [7, 11) is 0.186. The van der Waals surface area contributed by atoms with E-state index in [2.05, 4.69) is 66.3 Å². The van der Waals surface area contributed by atoms with E-state index in [4.69, 9.17) is 0 Å². The molecule has 0 fully saturated rings. The third-order valence-corrected chi connectivity index (χ3v) is 4.50. The van der Waals surface area contributed by atoms with Crippen LogP contribution in [0.5, 0.6) is 0 Å². The number of halogens is 2. The molecule has 0 aromatic heterocycles. The van der Waals surface area contributed by atoms with E-state index in [0.29, 0.717) is 0 Å². The van der Waals surface area contributed by atoms with Crippen LogP contribution in [0.15, 0.2) is 92.1 Å². The molecule has 0 aliphatic heterocycles. The van der Waals surface area contributed by atoms with Gasteiger partial charge in [0.2, 0.25) is 0 Å². The molecule has 0 heterocycles. The van der Waals surface area contributed by atoms with E-state index in [1.807, 2.05) is 42.5 Å². The minimum atomic E-state index is 0. The van der Waals surface area contributed by atoms with Crippen LogP contribution in [0.4, 0.5) is 0 Å². The Balaban J connectivity index is -0.000000368. The fourth-order valence-electron chi connectivity index (χ4n) is 1.94. The van der Waals surface area contributed by atoms with Crippen molar-refractivity contribution in [3.63, 3.8) is 0 Å². The predicted molar refractivity (Wildman–Crippen MR) is 108 cm³/mol. The molecule has 0 bridgehead atoms. The maximum atomic E-state index is 3.76. The first-order chi connectivity index (χ1) is 11.9. The molecule has 5 heteroatoms. The third kappa shape index (κ3) is 18.4. The van der Waals surface area contributed by atoms with Crippen LogP contribution in [0.1, 0.15) is 12.8 Å². The zero-order chi connectivity index (χ0) is 17.3. The predicted octanol–water partition coefficient (Wildman–Crippen LogP) is -2.05. The summed E-state index contributed by atoms with van der Waals surface area (Å²) in [5.74, 6) is 0. The van der Waals surface area contributed by atoms with Gasteiger partial charge in [-0.25, -0.2) is 24.3 Å². The Morgan fingerprint density at radius 2 is 1.37 bits per heavy atom. The van der Waals surface area contributed by atoms with Gasteiger partial charge in [-0.15, -0.1) is 26.0 Å². The fourth-order valence-corrected chi connectivity index (χ4v) is 3.27. The first-order valence-corrected chi connectivity index (χ1v) is 9.25. The van der Waals surface area contributed by atoms with Crippen molar-refractivity contribution in [2.75, 3.05) is 13.1 Å². The molecule has 2 aliphatic rings. The zero-order valence-corrected chi connectivity index (χ0v) is 21.8. The first-order valence-electron chi connectivity index (χ1n) is 8.16. The summed E-state index contributed by atoms with van der Waals surface area (Å²) in [5.41, 5.74) is 0. The molecule has 0 N–H and O–H groups in total. The molecule has 0 atom stereocenters. The topological polar surface area (TPSA) is 3.24 Å². The zero-order valence-electron chi connectivity index (χ0n) is 15.5. The molecular weight excluding hydrogens is 556 g/mol. The van der Waals surface area contributed by atoms with Crippen LogP contribution >= 0.6 is 0 Å². The molecule has 0 amide bonds. The van der Waals surface area contributed by atoms with Crippen LogP contribution in [-0.4, -0.2) is 27.3 Å². The Kier molecular flexibility index (Phi) is 26.8. The molecule has 1 nitrogen and oxygen atoms in total. The van der Waals surface area contributed by atoms with Crippen LogP contribution in [0, 0.1) is 12.2 Å². The van der Waals surface area contributed by atoms with E-state index in [1.54, 1.807) is 0 Å². The first kappa shape index (κ1) is 31.0. The van der Waals surface area contributed by atoms with E-state index in [9.17, 15) is 0 Å². The summed E-state index contributed by atoms with van der Waals surface area (Å²) in [6, 6.07) is 10.6. The maximum absolute atomic E-state index is 3.76. The summed E-state index contributed by atoms with van der Waals surface area (Å²) in [6.45, 7) is 9.40. The summed E-state index contributed by atoms with van der Waals surface area (Å²) >= 11 is 0. The molecule has 0 unspecified atom stereocenters. The van der Waals surface area contributed by atoms with Crippen LogP contribution in [0.2, 0.25) is 0 Å². The van der Waals surface area contributed by atoms with E-state index >= 15 is 0 Å². The molecule has 1 radical (unpaired) electrons. The smallest absolute Gasteiger partial charge is 1.00 e. The van der Waals surface area contributed by atoms with Gasteiger partial charge >= 0.3 is 25.8 Å². The quantitative estimate of drug-likeness (QED) is 0.213. The second-order valence-electron chi connectivity index (χ2n) is 5.08. The van der Waals surface area contributed by atoms with Gasteiger partial charge in [-0.2, -0.15) is 12.2 Å². The number of nitrogens with zero attached hydrogens (tertiary/aromatic N) is 1. The van der Waals surface area contributed by atoms with Crippen molar-refractivity contribution in [2.24, 2.45) is 0 Å². The molecule has 0 saturated heterocycles. The standard InChI is InChI=1S/C12H16NSi.2C5H5.2ClH.Hf/c1-3-10-13(11-4-2)14-12-8-6-5-7-9-12;2*1-2-4-5-3-1;;;/h3-9,14H,1-2,10-11H2;2*1-3H,4H2;2*1H;/q;2*-1;;;+4/p-2. The van der Waals surface area contributed by atoms with E-state index in [0.717, 1.165) is 25.9 Å². The van der Waals surface area contributed by atoms with Crippen molar-refractivity contribution in [3.05, 3.63) is 104 Å². The fraction of sp³-hybridized carbons (Fsp3) is 0.182. The third-order valence-electron chi connectivity index (χ3n) is 3.03. The van der Waals surface area contributed by atoms with Gasteiger partial charge in [-0.3, -0.25) is 12.2 Å². The number of hydrogen-bond acceptors (Lipinski definition) is 1. The van der Waals surface area contributed by atoms with Gasteiger partial charge in [0.15, 0.2) is 9.68 Å². The second-order valence-corrected chi connectivity index (χ2v) is 6.73. The summed E-state index contributed by atoms with van der Waals surface area (Å²) in [6.07, 6.45) is 23.9. The molecule has 141 valence electrons. The van der Waals surface area contributed by atoms with Crippen molar-refractivity contribution >= 4 is 14.9 Å². The largest absolute Gasteiger partial charge is 4.00 e. The van der Waals surface area contributed by atoms with Crippen molar-refractivity contribution in [1.82, 2.24) is 4.57 Å². The normalized spacial score (nSPS) is 11.7. The van der Waals surface area contributed by atoms with Crippen LogP contribution in [-0.2, 0) is 25.8 Å². The van der Waals surface area contributed by atoms with Crippen molar-refractivity contribution in [3.8, 4) is 0 Å². The van der Waals surface area contributed by atoms with Gasteiger partial charge in [0.1, 0.15) is 0 Å². The van der Waals surface area contributed by atoms with Gasteiger partial charge in [0.25, 0.3) is 0 Å². The average molecular weight is 582 g/mol. The van der Waals surface area contributed by atoms with E-state index in [-0.39, 0.29) is 60.3 Å². The molecule has 0 spiro atoms. The Morgan fingerprint density at radius 1 is 0.889 bits per heavy atom. The molecule has 2 aliphatic carbocycles. The van der Waals surface area contributed by atoms with Crippen molar-refractivity contribution in [2.45, 2.75) is 12.8 Å². The van der Waals surface area contributed by atoms with E-state index < -0.39 is 0 Å². The van der Waals surface area contributed by atoms with Crippen LogP contribution in [0.3, 0.4) is 0 Å². The van der Waals surface area contributed by atoms with Gasteiger partial charge < -0.3 is 29.4 Å². The minimum absolute atomic E-state index is 0. The summed E-state index contributed by atoms with van der Waals surface area (Å²) in [4.78, 5) is 0. The van der Waals surface area contributed by atoms with Crippen molar-refractivity contribution < 1.29 is 50.7 Å². The Hall–Kier alpha value is -0.713. The number of rotatable bonds is 6. The number of hydrogen-bond donors (Lipinski definition) is 0. The van der Waals surface area contributed by atoms with Crippen LogP contribution in [0.25, 0.3) is 0 Å². The molecule has 0 saturated carbocycles. The summed E-state index contributed by atoms with van der Waals surface area (Å²) in [5, 5.41) is 1.41. The maximum Gasteiger partial charge on any atom is 4.00 e. The van der Waals surface area contributed by atoms with Crippen LogP contribution < -0.4 is 30.0 Å². The Morgan fingerprint density at radius 3 is 1.67 bits per heavy atom. The molecule has 27 heavy (non-hydrogen) atoms. The van der Waals surface area contributed by atoms with Gasteiger partial charge in [0, 0.05) is 13.1 Å². The minimum Gasteiger partial charge on any atom is -1.00 e. The average Bonchev–Trinajstić information content (AvgIpc) is 3.35. The number of allylic oxidation sites excluding steroid dienone is 8. The molecule has 1 aromatic carbocycles. The monoisotopic (exact) mass is 582 g/mol. The van der Waals surface area contributed by atoms with Crippen molar-refractivity contribution in [1.29, 1.82) is 0 Å². The molecule has 1 aromatic rings. The van der Waals surface area contributed by atoms with Gasteiger partial charge in [-0.1, -0.05) is 42.5 Å². The van der Waals surface area contributed by atoms with E-state index in [1.165, 1.54) is 5.19 Å². The molecular formula is C22H26Cl2HfNSi. The summed E-state index contributed by atoms with van der Waals surface area (Å²) < 4.78 is 2.37. The Labute approximate surface area is 199 Å². The van der Waals surface area contributed by atoms with Gasteiger partial charge in [-0.05, 0) is 5.19 Å². The second kappa shape index (κ2) is 23.3. The number of benzene rings is 1. The SMILES string of the molecule is C=CCN(CC=C)[SiH]c1ccccc1.[C-]1=CC=CC1.[C-]1=CC=CC1.[Cl-].[Cl-].[Hf+4]. The Bertz CT molecular complexity index is 531. The molecule has 3 rings (SSSR count).